The second-order valence-corrected chi connectivity index (χ2v) is 6.25. The molecule has 0 radical (unpaired) electrons. The standard InChI is InChI=1S/C18H36FNO/c1-2-3-4-5-6-7-8-9-10-11-12-13-14-15-16-17(19)18(20)21/h17H,2-16H2,1H3,(H2,20,21)/t17-/m1/s1. The van der Waals surface area contributed by atoms with Crippen molar-refractivity contribution in [2.24, 2.45) is 5.73 Å². The van der Waals surface area contributed by atoms with Crippen molar-refractivity contribution in [2.45, 2.75) is 109 Å². The maximum atomic E-state index is 12.9. The van der Waals surface area contributed by atoms with Crippen LogP contribution in [0.25, 0.3) is 0 Å². The Morgan fingerprint density at radius 3 is 1.43 bits per heavy atom. The van der Waals surface area contributed by atoms with E-state index in [0.717, 1.165) is 19.3 Å². The predicted molar refractivity (Wildman–Crippen MR) is 89.0 cm³/mol. The number of rotatable bonds is 16. The van der Waals surface area contributed by atoms with Crippen molar-refractivity contribution in [1.29, 1.82) is 0 Å². The van der Waals surface area contributed by atoms with Gasteiger partial charge in [-0.25, -0.2) is 4.39 Å². The van der Waals surface area contributed by atoms with Crippen molar-refractivity contribution in [1.82, 2.24) is 0 Å². The molecule has 0 fully saturated rings. The summed E-state index contributed by atoms with van der Waals surface area (Å²) in [6.07, 6.45) is 16.8. The first-order chi connectivity index (χ1) is 10.2. The van der Waals surface area contributed by atoms with Crippen LogP contribution in [0.5, 0.6) is 0 Å². The maximum absolute atomic E-state index is 12.9. The molecular weight excluding hydrogens is 265 g/mol. The molecule has 0 aromatic carbocycles. The van der Waals surface area contributed by atoms with E-state index in [1.165, 1.54) is 70.6 Å². The highest BCUT2D eigenvalue weighted by molar-refractivity contribution is 5.78. The van der Waals surface area contributed by atoms with E-state index in [4.69, 9.17) is 5.73 Å². The van der Waals surface area contributed by atoms with Gasteiger partial charge in [-0.2, -0.15) is 0 Å². The van der Waals surface area contributed by atoms with Crippen molar-refractivity contribution >= 4 is 5.91 Å². The van der Waals surface area contributed by atoms with Gasteiger partial charge in [0.05, 0.1) is 0 Å². The molecule has 2 N–H and O–H groups in total. The van der Waals surface area contributed by atoms with Gasteiger partial charge >= 0.3 is 0 Å². The van der Waals surface area contributed by atoms with E-state index in [1.807, 2.05) is 0 Å². The van der Waals surface area contributed by atoms with Crippen LogP contribution in [0.15, 0.2) is 0 Å². The lowest BCUT2D eigenvalue weighted by Crippen LogP contribution is -2.24. The van der Waals surface area contributed by atoms with E-state index in [9.17, 15) is 9.18 Å². The molecule has 1 amide bonds. The predicted octanol–water partition coefficient (Wildman–Crippen LogP) is 5.68. The van der Waals surface area contributed by atoms with E-state index in [0.29, 0.717) is 6.42 Å². The van der Waals surface area contributed by atoms with E-state index in [1.54, 1.807) is 0 Å². The molecule has 0 aliphatic carbocycles. The summed E-state index contributed by atoms with van der Waals surface area (Å²) >= 11 is 0. The maximum Gasteiger partial charge on any atom is 0.251 e. The van der Waals surface area contributed by atoms with Crippen LogP contribution >= 0.6 is 0 Å². The minimum absolute atomic E-state index is 0.299. The van der Waals surface area contributed by atoms with Gasteiger partial charge in [0, 0.05) is 0 Å². The number of carbonyl (C=O) groups is 1. The third-order valence-electron chi connectivity index (χ3n) is 4.12. The molecule has 0 aromatic heterocycles. The highest BCUT2D eigenvalue weighted by Crippen LogP contribution is 2.14. The molecule has 0 unspecified atom stereocenters. The van der Waals surface area contributed by atoms with Crippen molar-refractivity contribution in [3.05, 3.63) is 0 Å². The van der Waals surface area contributed by atoms with Crippen LogP contribution in [0.4, 0.5) is 4.39 Å². The fourth-order valence-corrected chi connectivity index (χ4v) is 2.66. The number of halogens is 1. The second-order valence-electron chi connectivity index (χ2n) is 6.25. The number of unbranched alkanes of at least 4 members (excludes halogenated alkanes) is 13. The summed E-state index contributed by atoms with van der Waals surface area (Å²) in [6.45, 7) is 2.26. The lowest BCUT2D eigenvalue weighted by Gasteiger charge is -2.04. The Labute approximate surface area is 131 Å². The molecular formula is C18H36FNO. The van der Waals surface area contributed by atoms with Crippen LogP contribution < -0.4 is 5.73 Å². The van der Waals surface area contributed by atoms with Gasteiger partial charge in [0.2, 0.25) is 0 Å². The molecule has 0 spiro atoms. The first-order valence-corrected chi connectivity index (χ1v) is 9.12. The first kappa shape index (κ1) is 20.4. The van der Waals surface area contributed by atoms with Gasteiger partial charge in [0.1, 0.15) is 0 Å². The number of hydrogen-bond donors (Lipinski definition) is 1. The van der Waals surface area contributed by atoms with Crippen LogP contribution in [0.1, 0.15) is 103 Å². The van der Waals surface area contributed by atoms with Gasteiger partial charge in [0.25, 0.3) is 5.91 Å². The molecule has 21 heavy (non-hydrogen) atoms. The Hall–Kier alpha value is -0.600. The number of hydrogen-bond acceptors (Lipinski definition) is 1. The number of alkyl halides is 1. The zero-order chi connectivity index (χ0) is 15.8. The van der Waals surface area contributed by atoms with Gasteiger partial charge in [-0.05, 0) is 6.42 Å². The first-order valence-electron chi connectivity index (χ1n) is 9.12. The third kappa shape index (κ3) is 15.6. The minimum atomic E-state index is -1.44. The molecule has 3 heteroatoms. The molecule has 0 saturated carbocycles. The van der Waals surface area contributed by atoms with Crippen LogP contribution in [0.2, 0.25) is 0 Å². The van der Waals surface area contributed by atoms with E-state index >= 15 is 0 Å². The second kappa shape index (κ2) is 15.8. The van der Waals surface area contributed by atoms with Gasteiger partial charge in [-0.3, -0.25) is 4.79 Å². The minimum Gasteiger partial charge on any atom is -0.367 e. The quantitative estimate of drug-likeness (QED) is 0.366. The molecule has 126 valence electrons. The highest BCUT2D eigenvalue weighted by atomic mass is 19.1. The topological polar surface area (TPSA) is 43.1 Å². The number of amides is 1. The Morgan fingerprint density at radius 1 is 0.762 bits per heavy atom. The molecule has 0 aliphatic rings. The summed E-state index contributed by atoms with van der Waals surface area (Å²) in [5.74, 6) is -0.815. The van der Waals surface area contributed by atoms with Gasteiger partial charge in [-0.15, -0.1) is 0 Å². The lowest BCUT2D eigenvalue weighted by atomic mass is 10.0. The van der Waals surface area contributed by atoms with Crippen molar-refractivity contribution in [2.75, 3.05) is 0 Å². The molecule has 1 atom stereocenters. The smallest absolute Gasteiger partial charge is 0.251 e. The molecule has 0 bridgehead atoms. The monoisotopic (exact) mass is 301 g/mol. The van der Waals surface area contributed by atoms with Gasteiger partial charge in [-0.1, -0.05) is 96.8 Å². The third-order valence-corrected chi connectivity index (χ3v) is 4.12. The summed E-state index contributed by atoms with van der Waals surface area (Å²) in [7, 11) is 0. The van der Waals surface area contributed by atoms with Crippen molar-refractivity contribution in [3.63, 3.8) is 0 Å². The molecule has 2 nitrogen and oxygen atoms in total. The zero-order valence-corrected chi connectivity index (χ0v) is 14.0. The van der Waals surface area contributed by atoms with Crippen LogP contribution in [0, 0.1) is 0 Å². The van der Waals surface area contributed by atoms with Crippen LogP contribution in [-0.2, 0) is 4.79 Å². The Morgan fingerprint density at radius 2 is 1.10 bits per heavy atom. The molecule has 0 rings (SSSR count). The van der Waals surface area contributed by atoms with Crippen LogP contribution in [-0.4, -0.2) is 12.1 Å². The van der Waals surface area contributed by atoms with E-state index in [-0.39, 0.29) is 0 Å². The van der Waals surface area contributed by atoms with Crippen molar-refractivity contribution < 1.29 is 9.18 Å². The molecule has 0 aliphatic heterocycles. The Bertz CT molecular complexity index is 233. The summed E-state index contributed by atoms with van der Waals surface area (Å²) in [4.78, 5) is 10.5. The highest BCUT2D eigenvalue weighted by Gasteiger charge is 2.11. The zero-order valence-electron chi connectivity index (χ0n) is 14.0. The number of carbonyl (C=O) groups excluding carboxylic acids is 1. The van der Waals surface area contributed by atoms with E-state index in [2.05, 4.69) is 6.92 Å². The number of nitrogens with two attached hydrogens (primary N) is 1. The summed E-state index contributed by atoms with van der Waals surface area (Å²) < 4.78 is 12.9. The lowest BCUT2D eigenvalue weighted by molar-refractivity contribution is -0.122. The average molecular weight is 301 g/mol. The van der Waals surface area contributed by atoms with E-state index < -0.39 is 12.1 Å². The molecule has 0 saturated heterocycles. The molecule has 0 aromatic rings. The van der Waals surface area contributed by atoms with Gasteiger partial charge < -0.3 is 5.73 Å². The van der Waals surface area contributed by atoms with Crippen LogP contribution in [0.3, 0.4) is 0 Å². The summed E-state index contributed by atoms with van der Waals surface area (Å²) in [6, 6.07) is 0. The fraction of sp³-hybridized carbons (Fsp3) is 0.944. The Kier molecular flexibility index (Phi) is 15.3. The largest absolute Gasteiger partial charge is 0.367 e. The molecule has 0 heterocycles. The van der Waals surface area contributed by atoms with Crippen molar-refractivity contribution in [3.8, 4) is 0 Å². The normalized spacial score (nSPS) is 12.5. The summed E-state index contributed by atoms with van der Waals surface area (Å²) in [5, 5.41) is 0. The Balaban J connectivity index is 3.04. The summed E-state index contributed by atoms with van der Waals surface area (Å²) in [5.41, 5.74) is 4.88. The van der Waals surface area contributed by atoms with Gasteiger partial charge in [0.15, 0.2) is 6.17 Å². The fourth-order valence-electron chi connectivity index (χ4n) is 2.66. The SMILES string of the molecule is CCCCCCCCCCCCCCCC[C@@H](F)C(N)=O. The number of primary amides is 1. The average Bonchev–Trinajstić information content (AvgIpc) is 2.47.